The Balaban J connectivity index is 0. The quantitative estimate of drug-likeness (QED) is 0.191. The van der Waals surface area contributed by atoms with Gasteiger partial charge in [0, 0.05) is 59.0 Å². The lowest BCUT2D eigenvalue weighted by Gasteiger charge is -2.30. The van der Waals surface area contributed by atoms with Crippen LogP contribution in [0.15, 0.2) is 4.99 Å². The van der Waals surface area contributed by atoms with Crippen molar-refractivity contribution in [2.75, 3.05) is 53.5 Å². The van der Waals surface area contributed by atoms with Gasteiger partial charge in [-0.3, -0.25) is 9.69 Å². The molecule has 156 valence electrons. The van der Waals surface area contributed by atoms with Crippen molar-refractivity contribution in [3.05, 3.63) is 0 Å². The van der Waals surface area contributed by atoms with Gasteiger partial charge in [0.15, 0.2) is 5.96 Å². The van der Waals surface area contributed by atoms with E-state index in [2.05, 4.69) is 48.2 Å². The van der Waals surface area contributed by atoms with Gasteiger partial charge in [0.25, 0.3) is 0 Å². The van der Waals surface area contributed by atoms with Crippen LogP contribution in [-0.4, -0.2) is 87.2 Å². The fourth-order valence-electron chi connectivity index (χ4n) is 2.40. The Hall–Kier alpha value is -0.610. The number of carbonyl (C=O) groups excluding carboxylic acids is 1. The zero-order valence-corrected chi connectivity index (χ0v) is 20.0. The number of likely N-dealkylation sites (N-methyl/N-ethyl adjacent to an activating group) is 1. The Morgan fingerprint density at radius 2 is 1.65 bits per heavy atom. The zero-order chi connectivity index (χ0) is 19.2. The van der Waals surface area contributed by atoms with Crippen LogP contribution in [-0.2, 0) is 9.53 Å². The molecule has 0 aliphatic heterocycles. The summed E-state index contributed by atoms with van der Waals surface area (Å²) < 4.78 is 5.34. The summed E-state index contributed by atoms with van der Waals surface area (Å²) in [6.45, 7) is 14.9. The second kappa shape index (κ2) is 16.6. The van der Waals surface area contributed by atoms with Gasteiger partial charge in [-0.25, -0.2) is 4.99 Å². The first-order valence-corrected chi connectivity index (χ1v) is 9.35. The number of amides is 1. The molecule has 0 rings (SSSR count). The van der Waals surface area contributed by atoms with Gasteiger partial charge < -0.3 is 20.3 Å². The van der Waals surface area contributed by atoms with Crippen LogP contribution in [0.2, 0.25) is 0 Å². The maximum absolute atomic E-state index is 11.8. The van der Waals surface area contributed by atoms with Gasteiger partial charge in [-0.15, -0.1) is 24.0 Å². The van der Waals surface area contributed by atoms with Gasteiger partial charge in [0.05, 0.1) is 0 Å². The SMILES string of the molecule is CCOCCCNC(=NCC(=O)N(C)C)NCCN(C(C)C)C(C)C.I. The summed E-state index contributed by atoms with van der Waals surface area (Å²) in [4.78, 5) is 20.1. The summed E-state index contributed by atoms with van der Waals surface area (Å²) in [5.41, 5.74) is 0. The van der Waals surface area contributed by atoms with E-state index in [1.807, 2.05) is 6.92 Å². The molecule has 0 aliphatic carbocycles. The van der Waals surface area contributed by atoms with Crippen molar-refractivity contribution in [1.29, 1.82) is 0 Å². The molecule has 0 bridgehead atoms. The standard InChI is InChI=1S/C18H39N5O2.HI/c1-8-25-13-9-10-19-18(21-14-17(24)22(6)7)20-11-12-23(15(2)3)16(4)5;/h15-16H,8-14H2,1-7H3,(H2,19,20,21);1H. The second-order valence-corrected chi connectivity index (χ2v) is 6.78. The number of ether oxygens (including phenoxy) is 1. The molecule has 0 saturated carbocycles. The molecule has 0 aliphatic rings. The topological polar surface area (TPSA) is 69.2 Å². The van der Waals surface area contributed by atoms with Gasteiger partial charge in [-0.2, -0.15) is 0 Å². The highest BCUT2D eigenvalue weighted by atomic mass is 127. The van der Waals surface area contributed by atoms with E-state index < -0.39 is 0 Å². The number of hydrogen-bond acceptors (Lipinski definition) is 4. The Bertz CT molecular complexity index is 382. The van der Waals surface area contributed by atoms with Crippen molar-refractivity contribution >= 4 is 35.8 Å². The molecule has 1 amide bonds. The van der Waals surface area contributed by atoms with Crippen molar-refractivity contribution in [2.45, 2.75) is 53.1 Å². The van der Waals surface area contributed by atoms with E-state index in [-0.39, 0.29) is 36.4 Å². The molecule has 0 saturated heterocycles. The second-order valence-electron chi connectivity index (χ2n) is 6.78. The number of carbonyl (C=O) groups is 1. The lowest BCUT2D eigenvalue weighted by atomic mass is 10.2. The molecule has 0 unspecified atom stereocenters. The third-order valence-electron chi connectivity index (χ3n) is 3.82. The van der Waals surface area contributed by atoms with E-state index in [1.165, 1.54) is 0 Å². The number of nitrogens with one attached hydrogen (secondary N) is 2. The van der Waals surface area contributed by atoms with Crippen molar-refractivity contribution in [3.63, 3.8) is 0 Å². The third kappa shape index (κ3) is 13.6. The van der Waals surface area contributed by atoms with E-state index >= 15 is 0 Å². The molecular weight excluding hydrogens is 445 g/mol. The van der Waals surface area contributed by atoms with Crippen molar-refractivity contribution in [2.24, 2.45) is 4.99 Å². The fourth-order valence-corrected chi connectivity index (χ4v) is 2.40. The fraction of sp³-hybridized carbons (Fsp3) is 0.889. The lowest BCUT2D eigenvalue weighted by Crippen LogP contribution is -2.45. The number of hydrogen-bond donors (Lipinski definition) is 2. The van der Waals surface area contributed by atoms with E-state index in [0.29, 0.717) is 18.0 Å². The average Bonchev–Trinajstić information content (AvgIpc) is 2.54. The van der Waals surface area contributed by atoms with Crippen LogP contribution in [0.5, 0.6) is 0 Å². The van der Waals surface area contributed by atoms with Crippen LogP contribution < -0.4 is 10.6 Å². The first-order chi connectivity index (χ1) is 11.8. The summed E-state index contributed by atoms with van der Waals surface area (Å²) >= 11 is 0. The van der Waals surface area contributed by atoms with Gasteiger partial charge >= 0.3 is 0 Å². The molecule has 8 heteroatoms. The Morgan fingerprint density at radius 3 is 2.15 bits per heavy atom. The average molecular weight is 485 g/mol. The Morgan fingerprint density at radius 1 is 1.08 bits per heavy atom. The van der Waals surface area contributed by atoms with Crippen LogP contribution in [0.1, 0.15) is 41.0 Å². The largest absolute Gasteiger partial charge is 0.382 e. The third-order valence-corrected chi connectivity index (χ3v) is 3.82. The Kier molecular flexibility index (Phi) is 17.6. The van der Waals surface area contributed by atoms with Crippen molar-refractivity contribution in [1.82, 2.24) is 20.4 Å². The van der Waals surface area contributed by atoms with E-state index in [4.69, 9.17) is 4.74 Å². The number of guanidine groups is 1. The highest BCUT2D eigenvalue weighted by molar-refractivity contribution is 14.0. The molecule has 0 aromatic heterocycles. The molecular formula is C18H40IN5O2. The van der Waals surface area contributed by atoms with Crippen LogP contribution >= 0.6 is 24.0 Å². The maximum Gasteiger partial charge on any atom is 0.243 e. The minimum Gasteiger partial charge on any atom is -0.382 e. The molecule has 0 aromatic rings. The van der Waals surface area contributed by atoms with Crippen LogP contribution in [0.4, 0.5) is 0 Å². The molecule has 0 spiro atoms. The molecule has 0 radical (unpaired) electrons. The predicted octanol–water partition coefficient (Wildman–Crippen LogP) is 1.77. The maximum atomic E-state index is 11.8. The van der Waals surface area contributed by atoms with Crippen LogP contribution in [0, 0.1) is 0 Å². The van der Waals surface area contributed by atoms with Gasteiger partial charge in [0.1, 0.15) is 6.54 Å². The summed E-state index contributed by atoms with van der Waals surface area (Å²) in [5, 5.41) is 6.61. The molecule has 2 N–H and O–H groups in total. The number of rotatable bonds is 12. The number of halogens is 1. The minimum absolute atomic E-state index is 0. The molecule has 0 aromatic carbocycles. The van der Waals surface area contributed by atoms with Crippen molar-refractivity contribution < 1.29 is 9.53 Å². The molecule has 0 heterocycles. The summed E-state index contributed by atoms with van der Waals surface area (Å²) in [7, 11) is 3.48. The van der Waals surface area contributed by atoms with E-state index in [1.54, 1.807) is 19.0 Å². The lowest BCUT2D eigenvalue weighted by molar-refractivity contribution is -0.127. The monoisotopic (exact) mass is 485 g/mol. The Labute approximate surface area is 177 Å². The molecule has 26 heavy (non-hydrogen) atoms. The van der Waals surface area contributed by atoms with Crippen molar-refractivity contribution in [3.8, 4) is 0 Å². The first kappa shape index (κ1) is 27.6. The number of nitrogens with zero attached hydrogens (tertiary/aromatic N) is 3. The van der Waals surface area contributed by atoms with E-state index in [9.17, 15) is 4.79 Å². The number of aliphatic imine (C=N–C) groups is 1. The summed E-state index contributed by atoms with van der Waals surface area (Å²) in [6, 6.07) is 0.994. The predicted molar refractivity (Wildman–Crippen MR) is 121 cm³/mol. The summed E-state index contributed by atoms with van der Waals surface area (Å²) in [5.74, 6) is 0.667. The van der Waals surface area contributed by atoms with Gasteiger partial charge in [0.2, 0.25) is 5.91 Å². The summed E-state index contributed by atoms with van der Waals surface area (Å²) in [6.07, 6.45) is 0.903. The van der Waals surface area contributed by atoms with E-state index in [0.717, 1.165) is 39.3 Å². The van der Waals surface area contributed by atoms with Crippen LogP contribution in [0.3, 0.4) is 0 Å². The molecule has 0 atom stereocenters. The zero-order valence-electron chi connectivity index (χ0n) is 17.7. The smallest absolute Gasteiger partial charge is 0.243 e. The van der Waals surface area contributed by atoms with Gasteiger partial charge in [-0.1, -0.05) is 0 Å². The molecule has 7 nitrogen and oxygen atoms in total. The van der Waals surface area contributed by atoms with Gasteiger partial charge in [-0.05, 0) is 41.0 Å². The highest BCUT2D eigenvalue weighted by Gasteiger charge is 2.13. The van der Waals surface area contributed by atoms with Crippen LogP contribution in [0.25, 0.3) is 0 Å². The minimum atomic E-state index is -0.0126. The first-order valence-electron chi connectivity index (χ1n) is 9.35. The normalized spacial score (nSPS) is 11.7. The molecule has 0 fully saturated rings. The highest BCUT2D eigenvalue weighted by Crippen LogP contribution is 2.03.